The lowest BCUT2D eigenvalue weighted by Gasteiger charge is -2.10. The molecule has 32 heavy (non-hydrogen) atoms. The van der Waals surface area contributed by atoms with Gasteiger partial charge in [-0.15, -0.1) is 0 Å². The summed E-state index contributed by atoms with van der Waals surface area (Å²) in [6, 6.07) is 14.2. The standard InChI is InChI=1S/C23H19FN4O4/c1-27-20-19(22(30)28(2)23(27)31)10-15(12-25-20)21(29)26-17-4-3-5-18(11-17)32-13-14-6-8-16(24)9-7-14/h3-12H,13H2,1-2H3,(H,26,29). The van der Waals surface area contributed by atoms with Crippen LogP contribution in [0.5, 0.6) is 5.75 Å². The predicted octanol–water partition coefficient (Wildman–Crippen LogP) is 2.60. The summed E-state index contributed by atoms with van der Waals surface area (Å²) in [6.07, 6.45) is 1.31. The van der Waals surface area contributed by atoms with E-state index < -0.39 is 17.2 Å². The SMILES string of the molecule is Cn1c(=O)c2cc(C(=O)Nc3cccc(OCc4ccc(F)cc4)c3)cnc2n(C)c1=O. The lowest BCUT2D eigenvalue weighted by molar-refractivity contribution is 0.102. The first-order chi connectivity index (χ1) is 15.3. The van der Waals surface area contributed by atoms with Crippen LogP contribution in [-0.2, 0) is 20.7 Å². The van der Waals surface area contributed by atoms with Crippen LogP contribution in [0.2, 0.25) is 0 Å². The van der Waals surface area contributed by atoms with E-state index in [1.165, 1.54) is 43.1 Å². The molecule has 1 N–H and O–H groups in total. The Hall–Kier alpha value is -4.27. The molecule has 2 aromatic heterocycles. The number of halogens is 1. The zero-order chi connectivity index (χ0) is 22.8. The third-order valence-electron chi connectivity index (χ3n) is 4.97. The molecule has 4 rings (SSSR count). The number of amides is 1. The molecule has 0 radical (unpaired) electrons. The summed E-state index contributed by atoms with van der Waals surface area (Å²) in [6.45, 7) is 0.244. The molecule has 8 nitrogen and oxygen atoms in total. The fourth-order valence-electron chi connectivity index (χ4n) is 3.20. The molecule has 0 bridgehead atoms. The van der Waals surface area contributed by atoms with Gasteiger partial charge in [0.2, 0.25) is 0 Å². The number of aromatic nitrogens is 3. The predicted molar refractivity (Wildman–Crippen MR) is 117 cm³/mol. The summed E-state index contributed by atoms with van der Waals surface area (Å²) < 4.78 is 20.9. The molecule has 2 aromatic carbocycles. The Balaban J connectivity index is 1.53. The number of hydrogen-bond donors (Lipinski definition) is 1. The molecule has 0 saturated carbocycles. The van der Waals surface area contributed by atoms with Gasteiger partial charge in [0.05, 0.1) is 10.9 Å². The van der Waals surface area contributed by atoms with E-state index in [1.54, 1.807) is 36.4 Å². The first-order valence-electron chi connectivity index (χ1n) is 9.68. The first kappa shape index (κ1) is 21.0. The number of hydrogen-bond acceptors (Lipinski definition) is 5. The Morgan fingerprint density at radius 3 is 2.56 bits per heavy atom. The van der Waals surface area contributed by atoms with Gasteiger partial charge >= 0.3 is 5.69 Å². The molecule has 0 fully saturated rings. The number of fused-ring (bicyclic) bond motifs is 1. The average molecular weight is 434 g/mol. The Labute approximate surface area is 181 Å². The van der Waals surface area contributed by atoms with Crippen molar-refractivity contribution >= 4 is 22.6 Å². The number of pyridine rings is 1. The van der Waals surface area contributed by atoms with E-state index in [0.717, 1.165) is 10.1 Å². The van der Waals surface area contributed by atoms with E-state index in [9.17, 15) is 18.8 Å². The molecule has 4 aromatic rings. The second-order valence-corrected chi connectivity index (χ2v) is 7.20. The molecule has 1 amide bonds. The Morgan fingerprint density at radius 1 is 1.06 bits per heavy atom. The van der Waals surface area contributed by atoms with Gasteiger partial charge in [-0.2, -0.15) is 0 Å². The monoisotopic (exact) mass is 434 g/mol. The number of anilines is 1. The number of carbonyl (C=O) groups is 1. The lowest BCUT2D eigenvalue weighted by Crippen LogP contribution is -2.37. The molecule has 0 aliphatic rings. The highest BCUT2D eigenvalue weighted by molar-refractivity contribution is 6.05. The van der Waals surface area contributed by atoms with Gasteiger partial charge in [0.15, 0.2) is 0 Å². The number of nitrogens with zero attached hydrogens (tertiary/aromatic N) is 3. The highest BCUT2D eigenvalue weighted by Gasteiger charge is 2.14. The van der Waals surface area contributed by atoms with E-state index in [0.29, 0.717) is 11.4 Å². The molecule has 0 saturated heterocycles. The van der Waals surface area contributed by atoms with Crippen molar-refractivity contribution in [1.82, 2.24) is 14.1 Å². The van der Waals surface area contributed by atoms with Crippen LogP contribution in [0.4, 0.5) is 10.1 Å². The maximum Gasteiger partial charge on any atom is 0.332 e. The quantitative estimate of drug-likeness (QED) is 0.521. The number of carbonyl (C=O) groups excluding carboxylic acids is 1. The van der Waals surface area contributed by atoms with Gasteiger partial charge in [0.25, 0.3) is 11.5 Å². The van der Waals surface area contributed by atoms with Gasteiger partial charge in [0, 0.05) is 32.0 Å². The van der Waals surface area contributed by atoms with Crippen LogP contribution in [0.1, 0.15) is 15.9 Å². The lowest BCUT2D eigenvalue weighted by atomic mass is 10.2. The summed E-state index contributed by atoms with van der Waals surface area (Å²) in [5.74, 6) is -0.264. The van der Waals surface area contributed by atoms with Gasteiger partial charge in [-0.1, -0.05) is 18.2 Å². The summed E-state index contributed by atoms with van der Waals surface area (Å²) in [7, 11) is 2.88. The zero-order valence-corrected chi connectivity index (χ0v) is 17.3. The van der Waals surface area contributed by atoms with Crippen LogP contribution < -0.4 is 21.3 Å². The fraction of sp³-hybridized carbons (Fsp3) is 0.130. The summed E-state index contributed by atoms with van der Waals surface area (Å²) in [5, 5.41) is 2.91. The Bertz CT molecular complexity index is 1440. The second kappa shape index (κ2) is 8.46. The topological polar surface area (TPSA) is 95.2 Å². The normalized spacial score (nSPS) is 10.8. The largest absolute Gasteiger partial charge is 0.489 e. The highest BCUT2D eigenvalue weighted by atomic mass is 19.1. The van der Waals surface area contributed by atoms with Crippen molar-refractivity contribution in [2.75, 3.05) is 5.32 Å². The van der Waals surface area contributed by atoms with Crippen LogP contribution >= 0.6 is 0 Å². The first-order valence-corrected chi connectivity index (χ1v) is 9.68. The smallest absolute Gasteiger partial charge is 0.332 e. The highest BCUT2D eigenvalue weighted by Crippen LogP contribution is 2.20. The molecular formula is C23H19FN4O4. The van der Waals surface area contributed by atoms with E-state index in [-0.39, 0.29) is 29.0 Å². The molecule has 0 spiro atoms. The van der Waals surface area contributed by atoms with Crippen molar-refractivity contribution in [3.63, 3.8) is 0 Å². The summed E-state index contributed by atoms with van der Waals surface area (Å²) in [5.41, 5.74) is 0.641. The second-order valence-electron chi connectivity index (χ2n) is 7.20. The van der Waals surface area contributed by atoms with E-state index in [4.69, 9.17) is 4.74 Å². The average Bonchev–Trinajstić information content (AvgIpc) is 2.81. The summed E-state index contributed by atoms with van der Waals surface area (Å²) >= 11 is 0. The Kier molecular flexibility index (Phi) is 5.55. The molecule has 162 valence electrons. The van der Waals surface area contributed by atoms with Crippen LogP contribution in [0.3, 0.4) is 0 Å². The molecule has 0 aliphatic heterocycles. The van der Waals surface area contributed by atoms with E-state index in [2.05, 4.69) is 10.3 Å². The van der Waals surface area contributed by atoms with Crippen LogP contribution in [0.15, 0.2) is 70.4 Å². The zero-order valence-electron chi connectivity index (χ0n) is 17.3. The minimum atomic E-state index is -0.526. The number of rotatable bonds is 5. The fourth-order valence-corrected chi connectivity index (χ4v) is 3.20. The number of ether oxygens (including phenoxy) is 1. The number of benzene rings is 2. The number of nitrogens with one attached hydrogen (secondary N) is 1. The van der Waals surface area contributed by atoms with Crippen LogP contribution in [-0.4, -0.2) is 20.0 Å². The van der Waals surface area contributed by atoms with Crippen LogP contribution in [0.25, 0.3) is 11.0 Å². The van der Waals surface area contributed by atoms with E-state index >= 15 is 0 Å². The maximum absolute atomic E-state index is 13.0. The third kappa shape index (κ3) is 4.13. The third-order valence-corrected chi connectivity index (χ3v) is 4.97. The van der Waals surface area contributed by atoms with Crippen molar-refractivity contribution in [3.05, 3.63) is 98.6 Å². The molecule has 0 aliphatic carbocycles. The molecule has 9 heteroatoms. The Morgan fingerprint density at radius 2 is 1.81 bits per heavy atom. The van der Waals surface area contributed by atoms with Crippen molar-refractivity contribution in [1.29, 1.82) is 0 Å². The molecular weight excluding hydrogens is 415 g/mol. The summed E-state index contributed by atoms with van der Waals surface area (Å²) in [4.78, 5) is 41.3. The van der Waals surface area contributed by atoms with Crippen molar-refractivity contribution in [2.45, 2.75) is 6.61 Å². The molecule has 0 unspecified atom stereocenters. The van der Waals surface area contributed by atoms with Gasteiger partial charge in [-0.05, 0) is 35.9 Å². The van der Waals surface area contributed by atoms with Crippen molar-refractivity contribution in [3.8, 4) is 5.75 Å². The van der Waals surface area contributed by atoms with E-state index in [1.807, 2.05) is 0 Å². The minimum absolute atomic E-state index is 0.165. The maximum atomic E-state index is 13.0. The minimum Gasteiger partial charge on any atom is -0.489 e. The molecule has 2 heterocycles. The van der Waals surface area contributed by atoms with Gasteiger partial charge < -0.3 is 10.1 Å². The number of aryl methyl sites for hydroxylation is 1. The molecule has 0 atom stereocenters. The van der Waals surface area contributed by atoms with Crippen molar-refractivity contribution < 1.29 is 13.9 Å². The van der Waals surface area contributed by atoms with Crippen LogP contribution in [0, 0.1) is 5.82 Å². The van der Waals surface area contributed by atoms with Gasteiger partial charge in [0.1, 0.15) is 23.8 Å². The van der Waals surface area contributed by atoms with Crippen molar-refractivity contribution in [2.24, 2.45) is 14.1 Å². The van der Waals surface area contributed by atoms with Gasteiger partial charge in [-0.3, -0.25) is 18.7 Å². The van der Waals surface area contributed by atoms with Gasteiger partial charge in [-0.25, -0.2) is 14.2 Å².